The Bertz CT molecular complexity index is 1070. The number of nitrogens with zero attached hydrogens (tertiary/aromatic N) is 3. The quantitative estimate of drug-likeness (QED) is 0.658. The number of H-pyrrole nitrogens is 2. The lowest BCUT2D eigenvalue weighted by molar-refractivity contribution is -0.00931. The molecule has 4 saturated carbocycles. The number of aromatic amines is 2. The van der Waals surface area contributed by atoms with Crippen LogP contribution >= 0.6 is 11.8 Å². The second kappa shape index (κ2) is 6.17. The summed E-state index contributed by atoms with van der Waals surface area (Å²) in [6, 6.07) is 7.42. The van der Waals surface area contributed by atoms with Crippen LogP contribution in [0.5, 0.6) is 0 Å². The molecule has 0 aliphatic heterocycles. The SMILES string of the molecule is O=c1[nH]c(CSc2n[nH]c(C34CC5CC(CC(C5)C3)C4)n2)nc2ccccc12. The standard InChI is InChI=1S/C21H23N5OS/c27-18-15-3-1-2-4-16(15)22-17(23-18)11-28-20-24-19(25-26-20)21-8-12-5-13(9-21)7-14(6-12)10-21/h1-4,12-14H,5-11H2,(H,22,23,27)(H,24,25,26). The lowest BCUT2D eigenvalue weighted by Crippen LogP contribution is -2.49. The number of hydrogen-bond acceptors (Lipinski definition) is 5. The van der Waals surface area contributed by atoms with Gasteiger partial charge in [-0.25, -0.2) is 9.97 Å². The van der Waals surface area contributed by atoms with Crippen molar-refractivity contribution in [3.8, 4) is 0 Å². The van der Waals surface area contributed by atoms with Crippen molar-refractivity contribution in [3.63, 3.8) is 0 Å². The van der Waals surface area contributed by atoms with Gasteiger partial charge in [-0.15, -0.1) is 5.10 Å². The van der Waals surface area contributed by atoms with Gasteiger partial charge in [0.2, 0.25) is 5.16 Å². The smallest absolute Gasteiger partial charge is 0.258 e. The van der Waals surface area contributed by atoms with E-state index in [0.29, 0.717) is 17.0 Å². The summed E-state index contributed by atoms with van der Waals surface area (Å²) in [7, 11) is 0. The third-order valence-corrected chi connectivity index (χ3v) is 7.86. The Morgan fingerprint density at radius 1 is 1.04 bits per heavy atom. The molecule has 28 heavy (non-hydrogen) atoms. The van der Waals surface area contributed by atoms with E-state index in [1.54, 1.807) is 6.07 Å². The van der Waals surface area contributed by atoms with Crippen LogP contribution in [0.1, 0.15) is 50.2 Å². The third kappa shape index (κ3) is 2.70. The number of rotatable bonds is 4. The third-order valence-electron chi connectivity index (χ3n) is 7.01. The number of fused-ring (bicyclic) bond motifs is 1. The summed E-state index contributed by atoms with van der Waals surface area (Å²) < 4.78 is 0. The number of para-hydroxylation sites is 1. The first kappa shape index (κ1) is 16.8. The Hall–Kier alpha value is -2.15. The van der Waals surface area contributed by atoms with Gasteiger partial charge in [0.15, 0.2) is 0 Å². The molecule has 144 valence electrons. The molecule has 2 aromatic heterocycles. The molecule has 0 atom stereocenters. The second-order valence-corrected chi connectivity index (χ2v) is 9.93. The van der Waals surface area contributed by atoms with Gasteiger partial charge in [-0.3, -0.25) is 9.89 Å². The lowest BCUT2D eigenvalue weighted by atomic mass is 9.49. The van der Waals surface area contributed by atoms with Gasteiger partial charge in [-0.2, -0.15) is 0 Å². The van der Waals surface area contributed by atoms with Crippen molar-refractivity contribution in [3.05, 3.63) is 46.3 Å². The molecule has 7 rings (SSSR count). The van der Waals surface area contributed by atoms with E-state index in [2.05, 4.69) is 20.2 Å². The molecule has 1 aromatic carbocycles. The van der Waals surface area contributed by atoms with E-state index in [0.717, 1.165) is 34.3 Å². The molecule has 2 heterocycles. The van der Waals surface area contributed by atoms with Crippen molar-refractivity contribution in [1.82, 2.24) is 25.1 Å². The van der Waals surface area contributed by atoms with Crippen molar-refractivity contribution < 1.29 is 0 Å². The minimum atomic E-state index is -0.0922. The van der Waals surface area contributed by atoms with Crippen LogP contribution in [0.15, 0.2) is 34.2 Å². The summed E-state index contributed by atoms with van der Waals surface area (Å²) in [6.07, 6.45) is 8.11. The summed E-state index contributed by atoms with van der Waals surface area (Å²) in [5.74, 6) is 4.97. The summed E-state index contributed by atoms with van der Waals surface area (Å²) in [4.78, 5) is 24.6. The van der Waals surface area contributed by atoms with E-state index in [1.165, 1.54) is 50.3 Å². The fraction of sp³-hybridized carbons (Fsp3) is 0.524. The van der Waals surface area contributed by atoms with Crippen molar-refractivity contribution in [2.75, 3.05) is 0 Å². The summed E-state index contributed by atoms with van der Waals surface area (Å²) >= 11 is 1.53. The molecule has 4 fully saturated rings. The average molecular weight is 394 g/mol. The Morgan fingerprint density at radius 2 is 1.75 bits per heavy atom. The number of nitrogens with one attached hydrogen (secondary N) is 2. The normalized spacial score (nSPS) is 30.9. The molecule has 0 radical (unpaired) electrons. The summed E-state index contributed by atoms with van der Waals surface area (Å²) in [6.45, 7) is 0. The highest BCUT2D eigenvalue weighted by Gasteiger charge is 2.53. The molecule has 4 bridgehead atoms. The first-order valence-corrected chi connectivity index (χ1v) is 11.2. The minimum absolute atomic E-state index is 0.0922. The molecule has 6 nitrogen and oxygen atoms in total. The Kier molecular flexibility index (Phi) is 3.70. The monoisotopic (exact) mass is 393 g/mol. The highest BCUT2D eigenvalue weighted by Crippen LogP contribution is 2.60. The second-order valence-electron chi connectivity index (χ2n) is 8.98. The topological polar surface area (TPSA) is 87.3 Å². The van der Waals surface area contributed by atoms with Gasteiger partial charge in [0.25, 0.3) is 5.56 Å². The first-order valence-electron chi connectivity index (χ1n) is 10.2. The average Bonchev–Trinajstić information content (AvgIpc) is 3.15. The van der Waals surface area contributed by atoms with Gasteiger partial charge >= 0.3 is 0 Å². The molecule has 4 aliphatic carbocycles. The molecule has 0 saturated heterocycles. The highest BCUT2D eigenvalue weighted by molar-refractivity contribution is 7.98. The van der Waals surface area contributed by atoms with E-state index >= 15 is 0 Å². The fourth-order valence-corrected chi connectivity index (χ4v) is 6.95. The highest BCUT2D eigenvalue weighted by atomic mass is 32.2. The van der Waals surface area contributed by atoms with E-state index in [4.69, 9.17) is 4.98 Å². The van der Waals surface area contributed by atoms with Gasteiger partial charge in [0, 0.05) is 5.41 Å². The zero-order valence-corrected chi connectivity index (χ0v) is 16.5. The Morgan fingerprint density at radius 3 is 2.50 bits per heavy atom. The molecular weight excluding hydrogens is 370 g/mol. The van der Waals surface area contributed by atoms with Crippen LogP contribution < -0.4 is 5.56 Å². The van der Waals surface area contributed by atoms with Crippen LogP contribution in [0.2, 0.25) is 0 Å². The number of hydrogen-bond donors (Lipinski definition) is 2. The predicted molar refractivity (Wildman–Crippen MR) is 108 cm³/mol. The van der Waals surface area contributed by atoms with Crippen LogP contribution in [0, 0.1) is 17.8 Å². The molecule has 0 unspecified atom stereocenters. The molecule has 0 spiro atoms. The number of thioether (sulfide) groups is 1. The summed E-state index contributed by atoms with van der Waals surface area (Å²) in [5, 5.41) is 9.12. The van der Waals surface area contributed by atoms with Crippen LogP contribution in [0.3, 0.4) is 0 Å². The van der Waals surface area contributed by atoms with E-state index in [9.17, 15) is 4.79 Å². The van der Waals surface area contributed by atoms with Crippen molar-refractivity contribution >= 4 is 22.7 Å². The fourth-order valence-electron chi connectivity index (χ4n) is 6.28. The van der Waals surface area contributed by atoms with E-state index < -0.39 is 0 Å². The van der Waals surface area contributed by atoms with Crippen LogP contribution in [0.4, 0.5) is 0 Å². The lowest BCUT2D eigenvalue weighted by Gasteiger charge is -2.55. The molecule has 4 aliphatic rings. The van der Waals surface area contributed by atoms with Crippen molar-refractivity contribution in [1.29, 1.82) is 0 Å². The van der Waals surface area contributed by atoms with Gasteiger partial charge in [-0.05, 0) is 68.4 Å². The van der Waals surface area contributed by atoms with E-state index in [1.807, 2.05) is 18.2 Å². The maximum absolute atomic E-state index is 12.2. The molecule has 3 aromatic rings. The largest absolute Gasteiger partial charge is 0.309 e. The predicted octanol–water partition coefficient (Wildman–Crippen LogP) is 3.80. The zero-order chi connectivity index (χ0) is 18.7. The van der Waals surface area contributed by atoms with Crippen LogP contribution in [-0.4, -0.2) is 25.1 Å². The van der Waals surface area contributed by atoms with Gasteiger partial charge in [0.05, 0.1) is 16.7 Å². The zero-order valence-electron chi connectivity index (χ0n) is 15.6. The van der Waals surface area contributed by atoms with Gasteiger partial charge < -0.3 is 4.98 Å². The maximum Gasteiger partial charge on any atom is 0.258 e. The maximum atomic E-state index is 12.2. The number of aromatic nitrogens is 5. The van der Waals surface area contributed by atoms with Crippen LogP contribution in [0.25, 0.3) is 10.9 Å². The molecule has 2 N–H and O–H groups in total. The first-order chi connectivity index (χ1) is 13.7. The molecule has 0 amide bonds. The Balaban J connectivity index is 1.22. The molecule has 7 heteroatoms. The van der Waals surface area contributed by atoms with Crippen molar-refractivity contribution in [2.45, 2.75) is 54.8 Å². The minimum Gasteiger partial charge on any atom is -0.309 e. The van der Waals surface area contributed by atoms with Crippen molar-refractivity contribution in [2.24, 2.45) is 17.8 Å². The van der Waals surface area contributed by atoms with Gasteiger partial charge in [0.1, 0.15) is 11.6 Å². The van der Waals surface area contributed by atoms with Crippen LogP contribution in [-0.2, 0) is 11.2 Å². The Labute approximate surface area is 167 Å². The van der Waals surface area contributed by atoms with E-state index in [-0.39, 0.29) is 11.0 Å². The molecular formula is C21H23N5OS. The number of benzene rings is 1. The van der Waals surface area contributed by atoms with Gasteiger partial charge in [-0.1, -0.05) is 23.9 Å². The summed E-state index contributed by atoms with van der Waals surface area (Å²) in [5.41, 5.74) is 0.868.